The number of ether oxygens (including phenoxy) is 1. The predicted molar refractivity (Wildman–Crippen MR) is 111 cm³/mol. The number of benzene rings is 2. The van der Waals surface area contributed by atoms with Gasteiger partial charge in [0.2, 0.25) is 0 Å². The smallest absolute Gasteiger partial charge is 0.311 e. The van der Waals surface area contributed by atoms with Crippen molar-refractivity contribution in [1.82, 2.24) is 4.98 Å². The first-order chi connectivity index (χ1) is 14.0. The number of aromatic nitrogens is 1. The van der Waals surface area contributed by atoms with Gasteiger partial charge in [0.25, 0.3) is 11.8 Å². The molecule has 3 rings (SSSR count). The molecule has 2 aromatic carbocycles. The molecule has 0 radical (unpaired) electrons. The largest absolute Gasteiger partial charge is 0.466 e. The van der Waals surface area contributed by atoms with Crippen LogP contribution in [0.3, 0.4) is 0 Å². The van der Waals surface area contributed by atoms with E-state index in [1.165, 1.54) is 11.3 Å². The Bertz CT molecular complexity index is 1000. The molecule has 0 bridgehead atoms. The number of anilines is 2. The molecule has 0 aliphatic carbocycles. The van der Waals surface area contributed by atoms with Gasteiger partial charge in [0.05, 0.1) is 18.7 Å². The van der Waals surface area contributed by atoms with Gasteiger partial charge in [-0.25, -0.2) is 4.98 Å². The summed E-state index contributed by atoms with van der Waals surface area (Å²) in [7, 11) is 0. The van der Waals surface area contributed by atoms with Crippen molar-refractivity contribution in [3.8, 4) is 0 Å². The third kappa shape index (κ3) is 5.73. The first-order valence-corrected chi connectivity index (χ1v) is 9.81. The number of nitrogens with one attached hydrogen (secondary N) is 2. The molecule has 0 aliphatic rings. The lowest BCUT2D eigenvalue weighted by Gasteiger charge is -2.06. The van der Waals surface area contributed by atoms with E-state index in [9.17, 15) is 14.4 Å². The van der Waals surface area contributed by atoms with E-state index < -0.39 is 0 Å². The van der Waals surface area contributed by atoms with Crippen LogP contribution in [-0.4, -0.2) is 29.4 Å². The van der Waals surface area contributed by atoms with Gasteiger partial charge in [-0.2, -0.15) is 0 Å². The summed E-state index contributed by atoms with van der Waals surface area (Å²) in [6.07, 6.45) is 0.0655. The van der Waals surface area contributed by atoms with E-state index in [2.05, 4.69) is 15.6 Å². The summed E-state index contributed by atoms with van der Waals surface area (Å²) in [5.74, 6) is -0.911. The van der Waals surface area contributed by atoms with Gasteiger partial charge in [0.15, 0.2) is 5.13 Å². The van der Waals surface area contributed by atoms with Gasteiger partial charge in [-0.05, 0) is 43.3 Å². The molecule has 8 heteroatoms. The average Bonchev–Trinajstić information content (AvgIpc) is 3.15. The van der Waals surface area contributed by atoms with E-state index in [0.29, 0.717) is 34.2 Å². The zero-order chi connectivity index (χ0) is 20.6. The van der Waals surface area contributed by atoms with Crippen LogP contribution in [0.1, 0.15) is 33.3 Å². The highest BCUT2D eigenvalue weighted by Gasteiger charge is 2.12. The minimum Gasteiger partial charge on any atom is -0.466 e. The molecule has 0 saturated heterocycles. The van der Waals surface area contributed by atoms with E-state index in [-0.39, 0.29) is 24.2 Å². The molecule has 0 spiro atoms. The number of amides is 2. The third-order valence-corrected chi connectivity index (χ3v) is 4.65. The van der Waals surface area contributed by atoms with E-state index in [4.69, 9.17) is 4.74 Å². The fourth-order valence-electron chi connectivity index (χ4n) is 2.47. The first kappa shape index (κ1) is 20.2. The van der Waals surface area contributed by atoms with E-state index in [1.807, 2.05) is 6.07 Å². The van der Waals surface area contributed by atoms with Crippen LogP contribution in [0.2, 0.25) is 0 Å². The van der Waals surface area contributed by atoms with Crippen LogP contribution in [0, 0.1) is 0 Å². The van der Waals surface area contributed by atoms with Crippen molar-refractivity contribution in [2.24, 2.45) is 0 Å². The molecule has 7 nitrogen and oxygen atoms in total. The molecular formula is C21H19N3O4S. The number of hydrogen-bond acceptors (Lipinski definition) is 6. The van der Waals surface area contributed by atoms with Crippen molar-refractivity contribution < 1.29 is 19.1 Å². The molecular weight excluding hydrogens is 390 g/mol. The van der Waals surface area contributed by atoms with Crippen molar-refractivity contribution in [3.05, 3.63) is 76.8 Å². The Balaban J connectivity index is 1.57. The first-order valence-electron chi connectivity index (χ1n) is 8.93. The number of thiazole rings is 1. The maximum atomic E-state index is 12.4. The van der Waals surface area contributed by atoms with Crippen LogP contribution in [0.15, 0.2) is 60.0 Å². The Labute approximate surface area is 171 Å². The molecule has 0 aliphatic heterocycles. The number of rotatable bonds is 7. The summed E-state index contributed by atoms with van der Waals surface area (Å²) < 4.78 is 4.88. The molecule has 0 fully saturated rings. The van der Waals surface area contributed by atoms with Crippen LogP contribution in [0.25, 0.3) is 0 Å². The molecule has 148 valence electrons. The highest BCUT2D eigenvalue weighted by Crippen LogP contribution is 2.18. The Morgan fingerprint density at radius 2 is 1.59 bits per heavy atom. The lowest BCUT2D eigenvalue weighted by Crippen LogP contribution is -2.14. The van der Waals surface area contributed by atoms with Gasteiger partial charge in [-0.3, -0.25) is 19.7 Å². The zero-order valence-electron chi connectivity index (χ0n) is 15.7. The fourth-order valence-corrected chi connectivity index (χ4v) is 3.18. The SMILES string of the molecule is CCOC(=O)Cc1csc(NC(=O)c2ccc(NC(=O)c3ccccc3)cc2)n1. The summed E-state index contributed by atoms with van der Waals surface area (Å²) in [5.41, 5.74) is 2.10. The second kappa shape index (κ2) is 9.61. The molecule has 1 heterocycles. The Kier molecular flexibility index (Phi) is 6.70. The van der Waals surface area contributed by atoms with Crippen LogP contribution >= 0.6 is 11.3 Å². The number of esters is 1. The van der Waals surface area contributed by atoms with Gasteiger partial charge in [-0.1, -0.05) is 18.2 Å². The Hall–Kier alpha value is -3.52. The summed E-state index contributed by atoms with van der Waals surface area (Å²) in [5, 5.41) is 7.58. The number of nitrogens with zero attached hydrogens (tertiary/aromatic N) is 1. The van der Waals surface area contributed by atoms with Crippen LogP contribution in [0.5, 0.6) is 0 Å². The summed E-state index contributed by atoms with van der Waals surface area (Å²) in [6, 6.07) is 15.4. The van der Waals surface area contributed by atoms with Crippen molar-refractivity contribution in [2.45, 2.75) is 13.3 Å². The molecule has 0 saturated carbocycles. The summed E-state index contributed by atoms with van der Waals surface area (Å²) >= 11 is 1.23. The molecule has 2 N–H and O–H groups in total. The van der Waals surface area contributed by atoms with Crippen LogP contribution < -0.4 is 10.6 Å². The Morgan fingerprint density at radius 3 is 2.28 bits per heavy atom. The van der Waals surface area contributed by atoms with Crippen molar-refractivity contribution >= 4 is 39.9 Å². The standard InChI is InChI=1S/C21H19N3O4S/c1-2-28-18(25)12-17-13-29-21(23-17)24-20(27)15-8-10-16(11-9-15)22-19(26)14-6-4-3-5-7-14/h3-11,13H,2,12H2,1H3,(H,22,26)(H,23,24,27). The second-order valence-corrected chi connectivity index (χ2v) is 6.84. The molecule has 3 aromatic rings. The lowest BCUT2D eigenvalue weighted by molar-refractivity contribution is -0.142. The highest BCUT2D eigenvalue weighted by atomic mass is 32.1. The minimum atomic E-state index is -0.358. The molecule has 0 atom stereocenters. The quantitative estimate of drug-likeness (QED) is 0.579. The van der Waals surface area contributed by atoms with Crippen LogP contribution in [0.4, 0.5) is 10.8 Å². The topological polar surface area (TPSA) is 97.4 Å². The van der Waals surface area contributed by atoms with Gasteiger partial charge in [-0.15, -0.1) is 11.3 Å². The monoisotopic (exact) mass is 409 g/mol. The number of carbonyl (C=O) groups excluding carboxylic acids is 3. The van der Waals surface area contributed by atoms with E-state index in [0.717, 1.165) is 0 Å². The van der Waals surface area contributed by atoms with Crippen LogP contribution in [-0.2, 0) is 16.0 Å². The molecule has 1 aromatic heterocycles. The predicted octanol–water partition coefficient (Wildman–Crippen LogP) is 3.75. The third-order valence-electron chi connectivity index (χ3n) is 3.84. The average molecular weight is 409 g/mol. The highest BCUT2D eigenvalue weighted by molar-refractivity contribution is 7.14. The van der Waals surface area contributed by atoms with E-state index in [1.54, 1.807) is 60.8 Å². The maximum Gasteiger partial charge on any atom is 0.311 e. The second-order valence-electron chi connectivity index (χ2n) is 5.98. The van der Waals surface area contributed by atoms with Gasteiger partial charge in [0, 0.05) is 22.2 Å². The summed E-state index contributed by atoms with van der Waals surface area (Å²) in [4.78, 5) is 40.2. The molecule has 0 unspecified atom stereocenters. The zero-order valence-corrected chi connectivity index (χ0v) is 16.5. The van der Waals surface area contributed by atoms with Crippen molar-refractivity contribution in [3.63, 3.8) is 0 Å². The number of hydrogen-bond donors (Lipinski definition) is 2. The normalized spacial score (nSPS) is 10.2. The van der Waals surface area contributed by atoms with Gasteiger partial charge < -0.3 is 10.1 Å². The van der Waals surface area contributed by atoms with Crippen molar-refractivity contribution in [1.29, 1.82) is 0 Å². The molecule has 2 amide bonds. The lowest BCUT2D eigenvalue weighted by atomic mass is 10.1. The number of carbonyl (C=O) groups is 3. The fraction of sp³-hybridized carbons (Fsp3) is 0.143. The minimum absolute atomic E-state index is 0.0655. The van der Waals surface area contributed by atoms with Crippen molar-refractivity contribution in [2.75, 3.05) is 17.2 Å². The summed E-state index contributed by atoms with van der Waals surface area (Å²) in [6.45, 7) is 2.05. The van der Waals surface area contributed by atoms with Gasteiger partial charge in [0.1, 0.15) is 0 Å². The maximum absolute atomic E-state index is 12.4. The van der Waals surface area contributed by atoms with Gasteiger partial charge >= 0.3 is 5.97 Å². The van der Waals surface area contributed by atoms with E-state index >= 15 is 0 Å². The molecule has 29 heavy (non-hydrogen) atoms. The Morgan fingerprint density at radius 1 is 0.931 bits per heavy atom.